The number of carbonyl (C=O) groups is 1. The fraction of sp³-hybridized carbons (Fsp3) is 0.692. The summed E-state index contributed by atoms with van der Waals surface area (Å²) in [7, 11) is 3.36. The van der Waals surface area contributed by atoms with Crippen LogP contribution in [0.25, 0.3) is 0 Å². The smallest absolute Gasteiger partial charge is 0.309 e. The lowest BCUT2D eigenvalue weighted by atomic mass is 10.1. The van der Waals surface area contributed by atoms with Crippen LogP contribution in [0.1, 0.15) is 25.2 Å². The van der Waals surface area contributed by atoms with Crippen LogP contribution >= 0.6 is 11.6 Å². The van der Waals surface area contributed by atoms with Crippen molar-refractivity contribution in [3.63, 3.8) is 0 Å². The van der Waals surface area contributed by atoms with Gasteiger partial charge >= 0.3 is 5.97 Å². The summed E-state index contributed by atoms with van der Waals surface area (Å²) in [6, 6.07) is 0. The Morgan fingerprint density at radius 1 is 1.58 bits per heavy atom. The van der Waals surface area contributed by atoms with Crippen molar-refractivity contribution in [2.24, 2.45) is 5.92 Å². The minimum absolute atomic E-state index is 0.159. The molecule has 5 nitrogen and oxygen atoms in total. The molecule has 0 saturated heterocycles. The van der Waals surface area contributed by atoms with Crippen molar-refractivity contribution in [1.82, 2.24) is 14.7 Å². The minimum atomic E-state index is -0.196. The van der Waals surface area contributed by atoms with E-state index in [9.17, 15) is 4.79 Å². The summed E-state index contributed by atoms with van der Waals surface area (Å²) in [4.78, 5) is 13.5. The molecule has 1 aromatic rings. The maximum Gasteiger partial charge on any atom is 0.309 e. The number of nitrogens with zero attached hydrogens (tertiary/aromatic N) is 3. The fourth-order valence-corrected chi connectivity index (χ4v) is 2.28. The number of rotatable bonds is 6. The Kier molecular flexibility index (Phi) is 5.82. The van der Waals surface area contributed by atoms with Crippen LogP contribution in [0, 0.1) is 12.8 Å². The highest BCUT2D eigenvalue weighted by Gasteiger charge is 2.18. The predicted molar refractivity (Wildman–Crippen MR) is 75.2 cm³/mol. The molecule has 0 N–H and O–H groups in total. The molecule has 0 aliphatic heterocycles. The van der Waals surface area contributed by atoms with E-state index in [1.54, 1.807) is 0 Å². The van der Waals surface area contributed by atoms with Crippen molar-refractivity contribution < 1.29 is 9.53 Å². The lowest BCUT2D eigenvalue weighted by Crippen LogP contribution is -2.29. The highest BCUT2D eigenvalue weighted by atomic mass is 35.5. The van der Waals surface area contributed by atoms with E-state index >= 15 is 0 Å². The van der Waals surface area contributed by atoms with E-state index in [1.807, 2.05) is 32.5 Å². The SMILES string of the molecule is CCn1nc(C)c(Cl)c1CN(C)CC(C)C(=O)OC. The molecule has 1 aromatic heterocycles. The molecule has 0 aliphatic carbocycles. The molecule has 0 amide bonds. The van der Waals surface area contributed by atoms with Gasteiger partial charge < -0.3 is 4.74 Å². The maximum atomic E-state index is 11.4. The van der Waals surface area contributed by atoms with Gasteiger partial charge in [-0.2, -0.15) is 5.10 Å². The van der Waals surface area contributed by atoms with E-state index in [0.717, 1.165) is 17.9 Å². The molecule has 1 atom stereocenters. The predicted octanol–water partition coefficient (Wildman–Crippen LogP) is 2.11. The minimum Gasteiger partial charge on any atom is -0.469 e. The first-order valence-corrected chi connectivity index (χ1v) is 6.76. The molecule has 0 radical (unpaired) electrons. The number of esters is 1. The first-order valence-electron chi connectivity index (χ1n) is 6.38. The Morgan fingerprint density at radius 3 is 2.74 bits per heavy atom. The van der Waals surface area contributed by atoms with Crippen LogP contribution in [0.3, 0.4) is 0 Å². The van der Waals surface area contributed by atoms with Gasteiger partial charge in [-0.3, -0.25) is 14.4 Å². The van der Waals surface area contributed by atoms with Gasteiger partial charge in [0.05, 0.1) is 29.4 Å². The van der Waals surface area contributed by atoms with Gasteiger partial charge in [-0.1, -0.05) is 18.5 Å². The van der Waals surface area contributed by atoms with Crippen molar-refractivity contribution >= 4 is 17.6 Å². The molecular weight excluding hydrogens is 266 g/mol. The number of halogens is 1. The van der Waals surface area contributed by atoms with Crippen molar-refractivity contribution in [3.8, 4) is 0 Å². The Morgan fingerprint density at radius 2 is 2.21 bits per heavy atom. The van der Waals surface area contributed by atoms with E-state index in [4.69, 9.17) is 16.3 Å². The van der Waals surface area contributed by atoms with E-state index in [-0.39, 0.29) is 11.9 Å². The zero-order chi connectivity index (χ0) is 14.6. The second-order valence-corrected chi connectivity index (χ2v) is 5.16. The summed E-state index contributed by atoms with van der Waals surface area (Å²) in [5, 5.41) is 5.09. The summed E-state index contributed by atoms with van der Waals surface area (Å²) < 4.78 is 6.63. The zero-order valence-corrected chi connectivity index (χ0v) is 13.0. The van der Waals surface area contributed by atoms with Crippen LogP contribution in [0.2, 0.25) is 5.02 Å². The number of aryl methyl sites for hydroxylation is 2. The molecule has 0 bridgehead atoms. The molecule has 19 heavy (non-hydrogen) atoms. The summed E-state index contributed by atoms with van der Waals surface area (Å²) in [6.45, 7) is 7.85. The summed E-state index contributed by atoms with van der Waals surface area (Å²) in [5.41, 5.74) is 1.83. The van der Waals surface area contributed by atoms with Gasteiger partial charge in [0.25, 0.3) is 0 Å². The van der Waals surface area contributed by atoms with Gasteiger partial charge in [-0.15, -0.1) is 0 Å². The van der Waals surface area contributed by atoms with E-state index in [1.165, 1.54) is 7.11 Å². The summed E-state index contributed by atoms with van der Waals surface area (Å²) >= 11 is 6.26. The third-order valence-corrected chi connectivity index (χ3v) is 3.55. The molecule has 0 aliphatic rings. The van der Waals surface area contributed by atoms with E-state index in [0.29, 0.717) is 18.1 Å². The van der Waals surface area contributed by atoms with Crippen LogP contribution in [0.5, 0.6) is 0 Å². The average molecular weight is 288 g/mol. The molecule has 0 spiro atoms. The van der Waals surface area contributed by atoms with Gasteiger partial charge in [-0.05, 0) is 20.9 Å². The lowest BCUT2D eigenvalue weighted by Gasteiger charge is -2.20. The molecule has 0 aromatic carbocycles. The van der Waals surface area contributed by atoms with Crippen LogP contribution in [0.15, 0.2) is 0 Å². The number of ether oxygens (including phenoxy) is 1. The van der Waals surface area contributed by atoms with E-state index in [2.05, 4.69) is 10.00 Å². The quantitative estimate of drug-likeness (QED) is 0.752. The maximum absolute atomic E-state index is 11.4. The monoisotopic (exact) mass is 287 g/mol. The summed E-state index contributed by atoms with van der Waals surface area (Å²) in [6.07, 6.45) is 0. The van der Waals surface area contributed by atoms with Crippen LogP contribution in [-0.2, 0) is 22.6 Å². The number of hydrogen-bond acceptors (Lipinski definition) is 4. The second-order valence-electron chi connectivity index (χ2n) is 4.78. The molecule has 0 saturated carbocycles. The van der Waals surface area contributed by atoms with Crippen molar-refractivity contribution in [1.29, 1.82) is 0 Å². The Balaban J connectivity index is 2.72. The largest absolute Gasteiger partial charge is 0.469 e. The number of carbonyl (C=O) groups excluding carboxylic acids is 1. The molecule has 1 rings (SSSR count). The van der Waals surface area contributed by atoms with Crippen LogP contribution < -0.4 is 0 Å². The standard InChI is InChI=1S/C13H22ClN3O2/c1-6-17-11(12(14)10(3)15-17)8-16(4)7-9(2)13(18)19-5/h9H,6-8H2,1-5H3. The number of methoxy groups -OCH3 is 1. The molecule has 1 heterocycles. The second kappa shape index (κ2) is 6.91. The third-order valence-electron chi connectivity index (χ3n) is 3.06. The van der Waals surface area contributed by atoms with Crippen molar-refractivity contribution in [2.45, 2.75) is 33.9 Å². The molecule has 0 fully saturated rings. The topological polar surface area (TPSA) is 47.4 Å². The summed E-state index contributed by atoms with van der Waals surface area (Å²) in [5.74, 6) is -0.356. The first kappa shape index (κ1) is 16.0. The number of aromatic nitrogens is 2. The van der Waals surface area contributed by atoms with Gasteiger partial charge in [-0.25, -0.2) is 0 Å². The molecular formula is C13H22ClN3O2. The van der Waals surface area contributed by atoms with Crippen molar-refractivity contribution in [2.75, 3.05) is 20.7 Å². The third kappa shape index (κ3) is 3.94. The Hall–Kier alpha value is -1.07. The van der Waals surface area contributed by atoms with Gasteiger partial charge in [0.2, 0.25) is 0 Å². The Labute approximate surface area is 119 Å². The van der Waals surface area contributed by atoms with Gasteiger partial charge in [0, 0.05) is 19.6 Å². The number of hydrogen-bond donors (Lipinski definition) is 0. The van der Waals surface area contributed by atoms with Crippen LogP contribution in [-0.4, -0.2) is 41.4 Å². The molecule has 1 unspecified atom stereocenters. The average Bonchev–Trinajstić information content (AvgIpc) is 2.65. The van der Waals surface area contributed by atoms with Gasteiger partial charge in [0.1, 0.15) is 0 Å². The normalized spacial score (nSPS) is 12.8. The highest BCUT2D eigenvalue weighted by Crippen LogP contribution is 2.21. The fourth-order valence-electron chi connectivity index (χ4n) is 2.08. The first-order chi connectivity index (χ1) is 8.90. The highest BCUT2D eigenvalue weighted by molar-refractivity contribution is 6.31. The lowest BCUT2D eigenvalue weighted by molar-refractivity contribution is -0.145. The Bertz CT molecular complexity index is 445. The molecule has 6 heteroatoms. The van der Waals surface area contributed by atoms with Crippen molar-refractivity contribution in [3.05, 3.63) is 16.4 Å². The van der Waals surface area contributed by atoms with E-state index < -0.39 is 0 Å². The zero-order valence-electron chi connectivity index (χ0n) is 12.2. The van der Waals surface area contributed by atoms with Crippen LogP contribution in [0.4, 0.5) is 0 Å². The molecule has 108 valence electrons. The van der Waals surface area contributed by atoms with Gasteiger partial charge in [0.15, 0.2) is 0 Å².